The number of amides is 3. The molecule has 4 fully saturated rings. The van der Waals surface area contributed by atoms with Gasteiger partial charge < -0.3 is 5.32 Å². The number of imide groups is 1. The number of carbonyl (C=O) groups is 3. The van der Waals surface area contributed by atoms with Crippen molar-refractivity contribution in [2.75, 3.05) is 5.32 Å². The lowest BCUT2D eigenvalue weighted by atomic mass is 9.81. The first-order valence-electron chi connectivity index (χ1n) is 10.6. The summed E-state index contributed by atoms with van der Waals surface area (Å²) in [5.74, 6) is 0.895. The first-order chi connectivity index (χ1) is 13.5. The van der Waals surface area contributed by atoms with Crippen LogP contribution in [0.1, 0.15) is 50.6 Å². The second-order valence-electron chi connectivity index (χ2n) is 9.11. The van der Waals surface area contributed by atoms with E-state index in [1.165, 1.54) is 0 Å². The summed E-state index contributed by atoms with van der Waals surface area (Å²) in [6.07, 6.45) is 7.87. The lowest BCUT2D eigenvalue weighted by Gasteiger charge is -2.33. The highest BCUT2D eigenvalue weighted by Gasteiger charge is 2.61. The third-order valence-electron chi connectivity index (χ3n) is 7.57. The van der Waals surface area contributed by atoms with Crippen molar-refractivity contribution in [3.63, 3.8) is 0 Å². The zero-order valence-corrected chi connectivity index (χ0v) is 16.3. The highest BCUT2D eigenvalue weighted by molar-refractivity contribution is 6.06. The van der Waals surface area contributed by atoms with Gasteiger partial charge in [-0.3, -0.25) is 24.3 Å². The van der Waals surface area contributed by atoms with E-state index < -0.39 is 0 Å². The third kappa shape index (κ3) is 2.76. The van der Waals surface area contributed by atoms with E-state index in [0.29, 0.717) is 17.5 Å². The van der Waals surface area contributed by atoms with Crippen LogP contribution in [-0.4, -0.2) is 33.6 Å². The summed E-state index contributed by atoms with van der Waals surface area (Å²) in [6, 6.07) is 3.72. The molecule has 0 unspecified atom stereocenters. The van der Waals surface area contributed by atoms with Crippen LogP contribution in [0.4, 0.5) is 5.69 Å². The monoisotopic (exact) mass is 381 g/mol. The van der Waals surface area contributed by atoms with Crippen molar-refractivity contribution in [2.45, 2.75) is 57.9 Å². The van der Waals surface area contributed by atoms with E-state index in [1.54, 1.807) is 11.1 Å². The van der Waals surface area contributed by atoms with Gasteiger partial charge in [0.25, 0.3) is 0 Å². The van der Waals surface area contributed by atoms with Crippen molar-refractivity contribution in [1.29, 1.82) is 0 Å². The molecule has 28 heavy (non-hydrogen) atoms. The molecule has 1 aromatic heterocycles. The Bertz CT molecular complexity index is 785. The van der Waals surface area contributed by atoms with Crippen LogP contribution in [0.25, 0.3) is 0 Å². The van der Waals surface area contributed by atoms with E-state index in [0.717, 1.165) is 50.6 Å². The minimum absolute atomic E-state index is 0.0121. The van der Waals surface area contributed by atoms with Crippen LogP contribution < -0.4 is 5.32 Å². The van der Waals surface area contributed by atoms with Gasteiger partial charge in [0.1, 0.15) is 0 Å². The lowest BCUT2D eigenvalue weighted by Crippen LogP contribution is -2.44. The second kappa shape index (κ2) is 6.68. The quantitative estimate of drug-likeness (QED) is 0.817. The Balaban J connectivity index is 1.20. The van der Waals surface area contributed by atoms with Crippen molar-refractivity contribution < 1.29 is 14.4 Å². The zero-order valence-electron chi connectivity index (χ0n) is 16.3. The molecular weight excluding hydrogens is 354 g/mol. The number of hydrogen-bond acceptors (Lipinski definition) is 4. The van der Waals surface area contributed by atoms with E-state index in [1.807, 2.05) is 19.1 Å². The first-order valence-corrected chi connectivity index (χ1v) is 10.6. The van der Waals surface area contributed by atoms with Crippen molar-refractivity contribution in [3.8, 4) is 0 Å². The number of anilines is 1. The number of aromatic nitrogens is 1. The number of likely N-dealkylation sites (tertiary alicyclic amines) is 1. The largest absolute Gasteiger partial charge is 0.324 e. The number of nitrogens with one attached hydrogen (secondary N) is 1. The molecule has 4 atom stereocenters. The predicted molar refractivity (Wildman–Crippen MR) is 103 cm³/mol. The molecule has 6 nitrogen and oxygen atoms in total. The second-order valence-corrected chi connectivity index (χ2v) is 9.11. The fourth-order valence-electron chi connectivity index (χ4n) is 6.17. The molecule has 3 saturated carbocycles. The summed E-state index contributed by atoms with van der Waals surface area (Å²) < 4.78 is 0. The Kier molecular flexibility index (Phi) is 4.25. The molecule has 1 aromatic rings. The average Bonchev–Trinajstić information content (AvgIpc) is 3.38. The van der Waals surface area contributed by atoms with Crippen molar-refractivity contribution in [1.82, 2.24) is 9.88 Å². The van der Waals surface area contributed by atoms with Crippen LogP contribution in [0.2, 0.25) is 0 Å². The zero-order chi connectivity index (χ0) is 19.4. The molecule has 5 rings (SSSR count). The number of aryl methyl sites for hydroxylation is 1. The molecule has 0 spiro atoms. The summed E-state index contributed by atoms with van der Waals surface area (Å²) in [7, 11) is 0. The Morgan fingerprint density at radius 1 is 1.00 bits per heavy atom. The van der Waals surface area contributed by atoms with E-state index in [9.17, 15) is 14.4 Å². The number of carbonyl (C=O) groups excluding carboxylic acids is 3. The molecular formula is C22H27N3O3. The third-order valence-corrected chi connectivity index (χ3v) is 7.57. The number of hydrogen-bond donors (Lipinski definition) is 1. The van der Waals surface area contributed by atoms with Crippen molar-refractivity contribution in [2.24, 2.45) is 29.6 Å². The molecule has 3 amide bonds. The van der Waals surface area contributed by atoms with E-state index in [-0.39, 0.29) is 41.5 Å². The van der Waals surface area contributed by atoms with Crippen LogP contribution in [0, 0.1) is 36.5 Å². The lowest BCUT2D eigenvalue weighted by molar-refractivity contribution is -0.144. The molecule has 3 aliphatic carbocycles. The Hall–Kier alpha value is -2.24. The van der Waals surface area contributed by atoms with Gasteiger partial charge in [0.2, 0.25) is 17.7 Å². The summed E-state index contributed by atoms with van der Waals surface area (Å²) in [5, 5.41) is 2.94. The fraction of sp³-hybridized carbons (Fsp3) is 0.636. The number of fused-ring (bicyclic) bond motifs is 5. The molecule has 0 radical (unpaired) electrons. The molecule has 1 aliphatic heterocycles. The molecule has 2 heterocycles. The van der Waals surface area contributed by atoms with Crippen molar-refractivity contribution >= 4 is 23.4 Å². The maximum Gasteiger partial charge on any atom is 0.233 e. The van der Waals surface area contributed by atoms with Gasteiger partial charge in [-0.15, -0.1) is 0 Å². The Morgan fingerprint density at radius 2 is 1.64 bits per heavy atom. The standard InChI is InChI=1S/C22H27N3O3/c1-12-2-7-16(11-23-12)24-20(26)13-5-8-17(9-6-13)25-21(27)18-14-3-4-15(10-14)19(18)22(25)28/h2,7,11,13-15,17-19H,3-6,8-10H2,1H3,(H,24,26)/t13-,14-,15+,17-,18-,19+. The SMILES string of the molecule is Cc1ccc(NC(=O)[C@H]2CC[C@H](N3C(=O)[C@@H]4[C@@H]5CC[C@@H](C5)[C@@H]4C3=O)CC2)cn1. The Labute approximate surface area is 165 Å². The molecule has 4 aliphatic rings. The molecule has 0 aromatic carbocycles. The van der Waals surface area contributed by atoms with Crippen LogP contribution in [0.3, 0.4) is 0 Å². The van der Waals surface area contributed by atoms with E-state index in [4.69, 9.17) is 0 Å². The smallest absolute Gasteiger partial charge is 0.233 e. The normalized spacial score (nSPS) is 36.7. The van der Waals surface area contributed by atoms with Gasteiger partial charge in [0.05, 0.1) is 23.7 Å². The van der Waals surface area contributed by atoms with E-state index >= 15 is 0 Å². The Morgan fingerprint density at radius 3 is 2.21 bits per heavy atom. The van der Waals surface area contributed by atoms with Gasteiger partial charge in [-0.05, 0) is 75.8 Å². The van der Waals surface area contributed by atoms with Crippen molar-refractivity contribution in [3.05, 3.63) is 24.0 Å². The molecule has 2 bridgehead atoms. The summed E-state index contributed by atoms with van der Waals surface area (Å²) >= 11 is 0. The van der Waals surface area contributed by atoms with Crippen LogP contribution in [0.5, 0.6) is 0 Å². The molecule has 1 saturated heterocycles. The number of pyridine rings is 1. The highest BCUT2D eigenvalue weighted by Crippen LogP contribution is 2.56. The van der Waals surface area contributed by atoms with Gasteiger partial charge in [-0.25, -0.2) is 0 Å². The van der Waals surface area contributed by atoms with Gasteiger partial charge in [-0.1, -0.05) is 0 Å². The van der Waals surface area contributed by atoms with Gasteiger partial charge >= 0.3 is 0 Å². The molecule has 1 N–H and O–H groups in total. The summed E-state index contributed by atoms with van der Waals surface area (Å²) in [6.45, 7) is 1.91. The minimum Gasteiger partial charge on any atom is -0.324 e. The van der Waals surface area contributed by atoms with Gasteiger partial charge in [-0.2, -0.15) is 0 Å². The fourth-order valence-corrected chi connectivity index (χ4v) is 6.17. The van der Waals surface area contributed by atoms with Crippen LogP contribution in [-0.2, 0) is 14.4 Å². The first kappa shape index (κ1) is 17.8. The van der Waals surface area contributed by atoms with Crippen LogP contribution >= 0.6 is 0 Å². The molecule has 148 valence electrons. The summed E-state index contributed by atoms with van der Waals surface area (Å²) in [4.78, 5) is 44.4. The topological polar surface area (TPSA) is 79.4 Å². The van der Waals surface area contributed by atoms with Crippen LogP contribution in [0.15, 0.2) is 18.3 Å². The molecule has 6 heteroatoms. The van der Waals surface area contributed by atoms with Gasteiger partial charge in [0, 0.05) is 17.7 Å². The maximum absolute atomic E-state index is 13.0. The average molecular weight is 381 g/mol. The predicted octanol–water partition coefficient (Wildman–Crippen LogP) is 2.92. The summed E-state index contributed by atoms with van der Waals surface area (Å²) in [5.41, 5.74) is 1.63. The van der Waals surface area contributed by atoms with Gasteiger partial charge in [0.15, 0.2) is 0 Å². The maximum atomic E-state index is 13.0. The highest BCUT2D eigenvalue weighted by atomic mass is 16.2. The number of rotatable bonds is 3. The minimum atomic E-state index is -0.0685. The van der Waals surface area contributed by atoms with E-state index in [2.05, 4.69) is 10.3 Å². The number of nitrogens with zero attached hydrogens (tertiary/aromatic N) is 2.